The number of hydrogen-bond donors (Lipinski definition) is 0. The molecule has 5 aromatic rings. The average molecular weight is 451 g/mol. The zero-order chi connectivity index (χ0) is 23.2. The van der Waals surface area contributed by atoms with Crippen LogP contribution in [0.4, 0.5) is 0 Å². The molecule has 0 saturated carbocycles. The molecule has 0 amide bonds. The van der Waals surface area contributed by atoms with Gasteiger partial charge in [-0.15, -0.1) is 0 Å². The van der Waals surface area contributed by atoms with Crippen molar-refractivity contribution in [1.29, 1.82) is 0 Å². The van der Waals surface area contributed by atoms with Gasteiger partial charge < -0.3 is 0 Å². The van der Waals surface area contributed by atoms with Gasteiger partial charge in [0, 0.05) is 53.5 Å². The third-order valence-corrected chi connectivity index (χ3v) is 6.97. The number of aromatic nitrogens is 3. The van der Waals surface area contributed by atoms with E-state index in [4.69, 9.17) is 4.98 Å². The van der Waals surface area contributed by atoms with Gasteiger partial charge in [-0.1, -0.05) is 78.9 Å². The van der Waals surface area contributed by atoms with Gasteiger partial charge in [-0.05, 0) is 34.9 Å². The number of hydrogen-bond acceptors (Lipinski definition) is 3. The summed E-state index contributed by atoms with van der Waals surface area (Å²) in [6.45, 7) is 0. The van der Waals surface area contributed by atoms with Crippen molar-refractivity contribution in [2.24, 2.45) is 4.99 Å². The third-order valence-electron chi connectivity index (χ3n) is 6.97. The van der Waals surface area contributed by atoms with Crippen LogP contribution in [0.5, 0.6) is 0 Å². The van der Waals surface area contributed by atoms with Gasteiger partial charge in [0.2, 0.25) is 0 Å². The van der Waals surface area contributed by atoms with Gasteiger partial charge in [0.1, 0.15) is 5.82 Å². The first-order valence-electron chi connectivity index (χ1n) is 11.9. The highest BCUT2D eigenvalue weighted by Gasteiger charge is 2.38. The predicted molar refractivity (Wildman–Crippen MR) is 141 cm³/mol. The Morgan fingerprint density at radius 1 is 0.686 bits per heavy atom. The average Bonchev–Trinajstić information content (AvgIpc) is 3.35. The Morgan fingerprint density at radius 3 is 2.17 bits per heavy atom. The lowest BCUT2D eigenvalue weighted by Crippen LogP contribution is -2.21. The SMILES string of the molecule is C1=CC2c3c(nc(-c4ccccc4)n3-c3ccc(-c4ccccc4)cc3)-c3ccncc3C2C=N1. The molecule has 35 heavy (non-hydrogen) atoms. The van der Waals surface area contributed by atoms with Crippen LogP contribution in [0.3, 0.4) is 0 Å². The second-order valence-corrected chi connectivity index (χ2v) is 8.94. The zero-order valence-electron chi connectivity index (χ0n) is 19.0. The number of allylic oxidation sites excluding steroid dienone is 1. The van der Waals surface area contributed by atoms with Crippen molar-refractivity contribution in [2.45, 2.75) is 11.8 Å². The molecule has 2 atom stereocenters. The molecule has 0 radical (unpaired) electrons. The van der Waals surface area contributed by atoms with Gasteiger partial charge in [-0.3, -0.25) is 14.5 Å². The molecule has 2 aliphatic rings. The van der Waals surface area contributed by atoms with Crippen LogP contribution in [-0.4, -0.2) is 20.7 Å². The first-order valence-corrected chi connectivity index (χ1v) is 11.9. The summed E-state index contributed by atoms with van der Waals surface area (Å²) in [5.41, 5.74) is 9.14. The molecule has 1 aliphatic heterocycles. The van der Waals surface area contributed by atoms with E-state index >= 15 is 0 Å². The molecule has 4 heteroatoms. The number of benzene rings is 3. The van der Waals surface area contributed by atoms with Gasteiger partial charge in [-0.2, -0.15) is 0 Å². The lowest BCUT2D eigenvalue weighted by molar-refractivity contribution is 0.714. The molecule has 0 N–H and O–H groups in total. The molecular weight excluding hydrogens is 428 g/mol. The fourth-order valence-corrected chi connectivity index (χ4v) is 5.33. The maximum atomic E-state index is 5.27. The topological polar surface area (TPSA) is 43.1 Å². The van der Waals surface area contributed by atoms with Gasteiger partial charge in [0.05, 0.1) is 11.4 Å². The minimum atomic E-state index is 0.137. The Balaban J connectivity index is 1.48. The predicted octanol–water partition coefficient (Wildman–Crippen LogP) is 7.05. The van der Waals surface area contributed by atoms with Crippen molar-refractivity contribution < 1.29 is 0 Å². The summed E-state index contributed by atoms with van der Waals surface area (Å²) in [5.74, 6) is 1.22. The highest BCUT2D eigenvalue weighted by molar-refractivity contribution is 5.84. The Bertz CT molecular complexity index is 1580. The smallest absolute Gasteiger partial charge is 0.145 e. The summed E-state index contributed by atoms with van der Waals surface area (Å²) in [4.78, 5) is 14.2. The van der Waals surface area contributed by atoms with E-state index in [-0.39, 0.29) is 11.8 Å². The van der Waals surface area contributed by atoms with E-state index in [1.165, 1.54) is 22.4 Å². The van der Waals surface area contributed by atoms with Gasteiger partial charge in [0.25, 0.3) is 0 Å². The summed E-state index contributed by atoms with van der Waals surface area (Å²) >= 11 is 0. The minimum Gasteiger partial charge on any atom is -0.295 e. The van der Waals surface area contributed by atoms with Gasteiger partial charge in [0.15, 0.2) is 0 Å². The van der Waals surface area contributed by atoms with Crippen LogP contribution in [0, 0.1) is 0 Å². The molecule has 3 heterocycles. The third kappa shape index (κ3) is 3.18. The van der Waals surface area contributed by atoms with Crippen molar-refractivity contribution in [3.8, 4) is 39.5 Å². The number of rotatable bonds is 3. The lowest BCUT2D eigenvalue weighted by atomic mass is 9.76. The summed E-state index contributed by atoms with van der Waals surface area (Å²) in [6.07, 6.45) is 9.98. The molecule has 7 rings (SSSR count). The summed E-state index contributed by atoms with van der Waals surface area (Å²) in [5, 5.41) is 0. The fourth-order valence-electron chi connectivity index (χ4n) is 5.33. The molecule has 2 unspecified atom stereocenters. The molecule has 166 valence electrons. The molecule has 0 bridgehead atoms. The normalized spacial score (nSPS) is 17.5. The number of fused-ring (bicyclic) bond motifs is 6. The van der Waals surface area contributed by atoms with E-state index in [1.807, 2.05) is 36.9 Å². The monoisotopic (exact) mass is 450 g/mol. The second-order valence-electron chi connectivity index (χ2n) is 8.94. The first-order chi connectivity index (χ1) is 17.4. The minimum absolute atomic E-state index is 0.137. The molecular formula is C31H22N4. The van der Waals surface area contributed by atoms with Crippen molar-refractivity contribution in [1.82, 2.24) is 14.5 Å². The van der Waals surface area contributed by atoms with Gasteiger partial charge >= 0.3 is 0 Å². The number of pyridine rings is 1. The number of nitrogens with zero attached hydrogens (tertiary/aromatic N) is 4. The maximum absolute atomic E-state index is 5.27. The lowest BCUT2D eigenvalue weighted by Gasteiger charge is -2.31. The molecule has 3 aromatic carbocycles. The van der Waals surface area contributed by atoms with E-state index in [0.29, 0.717) is 0 Å². The molecule has 0 saturated heterocycles. The molecule has 1 aliphatic carbocycles. The van der Waals surface area contributed by atoms with E-state index in [1.54, 1.807) is 0 Å². The molecule has 2 aromatic heterocycles. The number of imidazole rings is 1. The molecule has 0 fully saturated rings. The standard InChI is InChI=1S/C31H22N4/c1-3-7-21(8-4-1)22-11-13-24(14-12-22)35-30-26-16-18-33-20-28(26)27-19-32-17-15-25(27)29(30)34-31(35)23-9-5-2-6-10-23/h1-20,26,28H. The Morgan fingerprint density at radius 2 is 1.40 bits per heavy atom. The summed E-state index contributed by atoms with van der Waals surface area (Å²) in [6, 6.07) is 31.8. The van der Waals surface area contributed by atoms with Crippen LogP contribution in [0.2, 0.25) is 0 Å². The Hall–Kier alpha value is -4.57. The highest BCUT2D eigenvalue weighted by atomic mass is 15.1. The van der Waals surface area contributed by atoms with E-state index < -0.39 is 0 Å². The quantitative estimate of drug-likeness (QED) is 0.296. The van der Waals surface area contributed by atoms with Crippen molar-refractivity contribution >= 4 is 6.21 Å². The van der Waals surface area contributed by atoms with E-state index in [2.05, 4.69) is 99.5 Å². The van der Waals surface area contributed by atoms with Crippen molar-refractivity contribution in [3.63, 3.8) is 0 Å². The van der Waals surface area contributed by atoms with Crippen LogP contribution >= 0.6 is 0 Å². The van der Waals surface area contributed by atoms with Gasteiger partial charge in [-0.25, -0.2) is 4.98 Å². The van der Waals surface area contributed by atoms with Crippen LogP contribution in [0.15, 0.2) is 121 Å². The zero-order valence-corrected chi connectivity index (χ0v) is 19.0. The van der Waals surface area contributed by atoms with E-state index in [0.717, 1.165) is 28.3 Å². The van der Waals surface area contributed by atoms with Crippen molar-refractivity contribution in [3.05, 3.63) is 127 Å². The largest absolute Gasteiger partial charge is 0.295 e. The first kappa shape index (κ1) is 19.9. The van der Waals surface area contributed by atoms with Crippen LogP contribution in [0.25, 0.3) is 39.5 Å². The Labute approximate surface area is 204 Å². The highest BCUT2D eigenvalue weighted by Crippen LogP contribution is 2.49. The fraction of sp³-hybridized carbons (Fsp3) is 0.0645. The molecule has 0 spiro atoms. The second kappa shape index (κ2) is 8.03. The Kier molecular flexibility index (Phi) is 4.56. The number of aliphatic imine (C=N–C) groups is 1. The van der Waals surface area contributed by atoms with Crippen molar-refractivity contribution in [2.75, 3.05) is 0 Å². The summed E-state index contributed by atoms with van der Waals surface area (Å²) in [7, 11) is 0. The van der Waals surface area contributed by atoms with Crippen LogP contribution in [0.1, 0.15) is 23.1 Å². The summed E-state index contributed by atoms with van der Waals surface area (Å²) < 4.78 is 2.34. The van der Waals surface area contributed by atoms with Crippen LogP contribution in [-0.2, 0) is 0 Å². The maximum Gasteiger partial charge on any atom is 0.145 e. The molecule has 4 nitrogen and oxygen atoms in total. The van der Waals surface area contributed by atoms with E-state index in [9.17, 15) is 0 Å². The van der Waals surface area contributed by atoms with Crippen LogP contribution < -0.4 is 0 Å².